The number of aromatic nitrogens is 3. The lowest BCUT2D eigenvalue weighted by Crippen LogP contribution is -2.47. The van der Waals surface area contributed by atoms with Gasteiger partial charge in [-0.25, -0.2) is 15.0 Å². The molecule has 2 aromatic rings. The van der Waals surface area contributed by atoms with Crippen molar-refractivity contribution in [1.82, 2.24) is 19.9 Å². The average molecular weight is 289 g/mol. The fourth-order valence-corrected chi connectivity index (χ4v) is 3.07. The minimum Gasteiger partial charge on any atom is -0.338 e. The second-order valence-electron chi connectivity index (χ2n) is 4.99. The topological polar surface area (TPSA) is 45.2 Å². The molecule has 0 spiro atoms. The highest BCUT2D eigenvalue weighted by molar-refractivity contribution is 7.09. The van der Waals surface area contributed by atoms with Crippen molar-refractivity contribution in [2.45, 2.75) is 13.3 Å². The van der Waals surface area contributed by atoms with Crippen molar-refractivity contribution in [2.24, 2.45) is 0 Å². The van der Waals surface area contributed by atoms with E-state index in [2.05, 4.69) is 37.1 Å². The highest BCUT2D eigenvalue weighted by Gasteiger charge is 2.18. The summed E-state index contributed by atoms with van der Waals surface area (Å²) in [6, 6.07) is 1.86. The third kappa shape index (κ3) is 3.32. The highest BCUT2D eigenvalue weighted by Crippen LogP contribution is 2.12. The lowest BCUT2D eigenvalue weighted by atomic mass is 10.2. The molecule has 3 heterocycles. The number of thiazole rings is 1. The summed E-state index contributed by atoms with van der Waals surface area (Å²) in [6.07, 6.45) is 4.66. The minimum atomic E-state index is 0.849. The maximum atomic E-state index is 4.52. The Bertz CT molecular complexity index is 534. The summed E-state index contributed by atoms with van der Waals surface area (Å²) in [5.41, 5.74) is 1.22. The smallest absolute Gasteiger partial charge is 0.225 e. The fourth-order valence-electron chi connectivity index (χ4n) is 2.42. The maximum absolute atomic E-state index is 4.52. The normalized spacial score (nSPS) is 16.6. The van der Waals surface area contributed by atoms with Crippen LogP contribution in [0.3, 0.4) is 0 Å². The molecule has 0 N–H and O–H groups in total. The molecule has 3 rings (SSSR count). The molecular formula is C14H19N5S. The van der Waals surface area contributed by atoms with E-state index in [1.165, 1.54) is 5.69 Å². The largest absolute Gasteiger partial charge is 0.338 e. The molecule has 6 heteroatoms. The Balaban J connectivity index is 1.47. The molecule has 0 aliphatic carbocycles. The molecule has 0 radical (unpaired) electrons. The van der Waals surface area contributed by atoms with Gasteiger partial charge in [-0.2, -0.15) is 0 Å². The van der Waals surface area contributed by atoms with Crippen LogP contribution in [0, 0.1) is 6.92 Å². The van der Waals surface area contributed by atoms with Crippen molar-refractivity contribution in [1.29, 1.82) is 0 Å². The van der Waals surface area contributed by atoms with E-state index in [-0.39, 0.29) is 0 Å². The summed E-state index contributed by atoms with van der Waals surface area (Å²) in [6.45, 7) is 7.29. The fraction of sp³-hybridized carbons (Fsp3) is 0.500. The molecule has 1 aliphatic heterocycles. The molecular weight excluding hydrogens is 270 g/mol. The summed E-state index contributed by atoms with van der Waals surface area (Å²) < 4.78 is 0. The van der Waals surface area contributed by atoms with Crippen molar-refractivity contribution in [2.75, 3.05) is 37.6 Å². The van der Waals surface area contributed by atoms with Gasteiger partial charge in [0.15, 0.2) is 0 Å². The summed E-state index contributed by atoms with van der Waals surface area (Å²) in [4.78, 5) is 17.9. The standard InChI is InChI=1S/C14H19N5S/c1-12-17-13(11-20-12)3-6-18-7-9-19(10-8-18)14-15-4-2-5-16-14/h2,4-5,11H,3,6-10H2,1H3. The molecule has 0 amide bonds. The first-order chi connectivity index (χ1) is 9.81. The molecule has 106 valence electrons. The Morgan fingerprint density at radius 3 is 2.55 bits per heavy atom. The number of rotatable bonds is 4. The Morgan fingerprint density at radius 2 is 1.90 bits per heavy atom. The third-order valence-corrected chi connectivity index (χ3v) is 4.38. The van der Waals surface area contributed by atoms with Crippen LogP contribution in [0.5, 0.6) is 0 Å². The van der Waals surface area contributed by atoms with Gasteiger partial charge in [0.25, 0.3) is 0 Å². The number of aryl methyl sites for hydroxylation is 1. The number of nitrogens with zero attached hydrogens (tertiary/aromatic N) is 5. The second-order valence-corrected chi connectivity index (χ2v) is 6.05. The molecule has 1 saturated heterocycles. The van der Waals surface area contributed by atoms with Gasteiger partial charge in [0.1, 0.15) is 0 Å². The van der Waals surface area contributed by atoms with Gasteiger partial charge in [0, 0.05) is 56.9 Å². The van der Waals surface area contributed by atoms with Gasteiger partial charge in [0.2, 0.25) is 5.95 Å². The van der Waals surface area contributed by atoms with Crippen molar-refractivity contribution in [3.63, 3.8) is 0 Å². The number of hydrogen-bond donors (Lipinski definition) is 0. The third-order valence-electron chi connectivity index (χ3n) is 3.56. The van der Waals surface area contributed by atoms with Crippen LogP contribution >= 0.6 is 11.3 Å². The molecule has 0 atom stereocenters. The van der Waals surface area contributed by atoms with Gasteiger partial charge in [-0.15, -0.1) is 11.3 Å². The molecule has 0 unspecified atom stereocenters. The zero-order valence-corrected chi connectivity index (χ0v) is 12.5. The van der Waals surface area contributed by atoms with Crippen LogP contribution in [0.2, 0.25) is 0 Å². The molecule has 0 bridgehead atoms. The zero-order chi connectivity index (χ0) is 13.8. The van der Waals surface area contributed by atoms with Crippen LogP contribution in [0.1, 0.15) is 10.7 Å². The summed E-state index contributed by atoms with van der Waals surface area (Å²) >= 11 is 1.73. The first-order valence-electron chi connectivity index (χ1n) is 6.96. The van der Waals surface area contributed by atoms with Gasteiger partial charge >= 0.3 is 0 Å². The lowest BCUT2D eigenvalue weighted by molar-refractivity contribution is 0.259. The van der Waals surface area contributed by atoms with Crippen LogP contribution in [0.25, 0.3) is 0 Å². The van der Waals surface area contributed by atoms with Crippen LogP contribution in [-0.2, 0) is 6.42 Å². The Hall–Kier alpha value is -1.53. The van der Waals surface area contributed by atoms with E-state index >= 15 is 0 Å². The van der Waals surface area contributed by atoms with Gasteiger partial charge < -0.3 is 4.90 Å². The van der Waals surface area contributed by atoms with Crippen LogP contribution in [0.4, 0.5) is 5.95 Å². The first kappa shape index (κ1) is 13.5. The quantitative estimate of drug-likeness (QED) is 0.855. The summed E-state index contributed by atoms with van der Waals surface area (Å²) in [5, 5.41) is 3.33. The molecule has 2 aromatic heterocycles. The van der Waals surface area contributed by atoms with E-state index < -0.39 is 0 Å². The van der Waals surface area contributed by atoms with Crippen molar-refractivity contribution >= 4 is 17.3 Å². The Labute approximate surface area is 123 Å². The molecule has 0 saturated carbocycles. The van der Waals surface area contributed by atoms with Crippen molar-refractivity contribution in [3.05, 3.63) is 34.5 Å². The van der Waals surface area contributed by atoms with E-state index in [1.54, 1.807) is 23.7 Å². The minimum absolute atomic E-state index is 0.849. The van der Waals surface area contributed by atoms with Gasteiger partial charge in [-0.05, 0) is 13.0 Å². The second kappa shape index (κ2) is 6.28. The summed E-state index contributed by atoms with van der Waals surface area (Å²) in [5.74, 6) is 0.849. The molecule has 1 aliphatic rings. The lowest BCUT2D eigenvalue weighted by Gasteiger charge is -2.34. The first-order valence-corrected chi connectivity index (χ1v) is 7.84. The maximum Gasteiger partial charge on any atom is 0.225 e. The molecule has 0 aromatic carbocycles. The van der Waals surface area contributed by atoms with E-state index in [1.807, 2.05) is 6.07 Å². The van der Waals surface area contributed by atoms with Gasteiger partial charge in [-0.3, -0.25) is 4.90 Å². The number of anilines is 1. The number of piperazine rings is 1. The van der Waals surface area contributed by atoms with E-state index in [9.17, 15) is 0 Å². The molecule has 20 heavy (non-hydrogen) atoms. The average Bonchev–Trinajstić information content (AvgIpc) is 2.92. The SMILES string of the molecule is Cc1nc(CCN2CCN(c3ncccn3)CC2)cs1. The predicted octanol–water partition coefficient (Wildman–Crippen LogP) is 1.61. The highest BCUT2D eigenvalue weighted by atomic mass is 32.1. The molecule has 5 nitrogen and oxygen atoms in total. The number of hydrogen-bond acceptors (Lipinski definition) is 6. The van der Waals surface area contributed by atoms with Crippen LogP contribution in [-0.4, -0.2) is 52.6 Å². The zero-order valence-electron chi connectivity index (χ0n) is 11.7. The molecule has 1 fully saturated rings. The van der Waals surface area contributed by atoms with E-state index in [4.69, 9.17) is 0 Å². The summed E-state index contributed by atoms with van der Waals surface area (Å²) in [7, 11) is 0. The van der Waals surface area contributed by atoms with E-state index in [0.717, 1.165) is 50.1 Å². The van der Waals surface area contributed by atoms with Crippen LogP contribution in [0.15, 0.2) is 23.8 Å². The van der Waals surface area contributed by atoms with Gasteiger partial charge in [0.05, 0.1) is 10.7 Å². The monoisotopic (exact) mass is 289 g/mol. The van der Waals surface area contributed by atoms with Crippen molar-refractivity contribution < 1.29 is 0 Å². The predicted molar refractivity (Wildman–Crippen MR) is 81.2 cm³/mol. The Kier molecular flexibility index (Phi) is 4.22. The van der Waals surface area contributed by atoms with Crippen LogP contribution < -0.4 is 4.90 Å². The van der Waals surface area contributed by atoms with E-state index in [0.29, 0.717) is 0 Å². The van der Waals surface area contributed by atoms with Crippen molar-refractivity contribution in [3.8, 4) is 0 Å². The Morgan fingerprint density at radius 1 is 1.15 bits per heavy atom. The van der Waals surface area contributed by atoms with Gasteiger partial charge in [-0.1, -0.05) is 0 Å².